The number of likely N-dealkylation sites (N-methyl/N-ethyl adjacent to an activating group) is 1. The lowest BCUT2D eigenvalue weighted by molar-refractivity contribution is -0.127. The average Bonchev–Trinajstić information content (AvgIpc) is 3.27. The molecule has 9 heteroatoms. The van der Waals surface area contributed by atoms with Crippen molar-refractivity contribution in [2.45, 2.75) is 44.9 Å². The summed E-state index contributed by atoms with van der Waals surface area (Å²) in [5.74, 6) is 1.98. The number of benzene rings is 1. The van der Waals surface area contributed by atoms with Gasteiger partial charge in [-0.3, -0.25) is 4.79 Å². The number of halogens is 3. The number of guanidine groups is 1. The first-order valence-electron chi connectivity index (χ1n) is 9.70. The number of para-hydroxylation sites is 1. The van der Waals surface area contributed by atoms with Gasteiger partial charge in [0.1, 0.15) is 5.75 Å². The summed E-state index contributed by atoms with van der Waals surface area (Å²) in [5, 5.41) is 6.53. The van der Waals surface area contributed by atoms with E-state index in [-0.39, 0.29) is 48.7 Å². The van der Waals surface area contributed by atoms with Gasteiger partial charge in [0.15, 0.2) is 5.96 Å². The normalized spacial score (nSPS) is 22.9. The van der Waals surface area contributed by atoms with E-state index in [1.807, 2.05) is 0 Å². The number of ether oxygens (including phenoxy) is 1. The fourth-order valence-electron chi connectivity index (χ4n) is 4.08. The third-order valence-corrected chi connectivity index (χ3v) is 5.56. The molecule has 1 amide bonds. The molecule has 2 bridgehead atoms. The molecule has 2 aliphatic rings. The monoisotopic (exact) mass is 522 g/mol. The molecule has 162 valence electrons. The standard InChI is InChI=1S/C20H28F2N4O2.HI/c1-26(2)18(27)12-24-20(25-16-10-13-7-8-14(16)9-13)23-11-15-5-3-4-6-17(15)28-19(21)22;/h3-6,13-14,16,19H,7-12H2,1-2H3,(H2,23,24,25);1H. The van der Waals surface area contributed by atoms with Crippen LogP contribution in [0.1, 0.15) is 31.2 Å². The molecule has 2 saturated carbocycles. The van der Waals surface area contributed by atoms with E-state index in [9.17, 15) is 13.6 Å². The van der Waals surface area contributed by atoms with Crippen molar-refractivity contribution in [3.8, 4) is 5.75 Å². The molecule has 3 atom stereocenters. The fraction of sp³-hybridized carbons (Fsp3) is 0.600. The van der Waals surface area contributed by atoms with Gasteiger partial charge in [-0.1, -0.05) is 24.6 Å². The van der Waals surface area contributed by atoms with Crippen LogP contribution in [0.5, 0.6) is 5.75 Å². The van der Waals surface area contributed by atoms with Crippen molar-refractivity contribution in [1.29, 1.82) is 0 Å². The van der Waals surface area contributed by atoms with E-state index in [0.29, 0.717) is 23.5 Å². The molecule has 29 heavy (non-hydrogen) atoms. The van der Waals surface area contributed by atoms with Crippen molar-refractivity contribution in [2.75, 3.05) is 20.6 Å². The van der Waals surface area contributed by atoms with Gasteiger partial charge in [-0.15, -0.1) is 24.0 Å². The van der Waals surface area contributed by atoms with Crippen molar-refractivity contribution in [2.24, 2.45) is 16.8 Å². The van der Waals surface area contributed by atoms with Gasteiger partial charge in [0.05, 0.1) is 13.1 Å². The quantitative estimate of drug-likeness (QED) is 0.328. The zero-order valence-electron chi connectivity index (χ0n) is 16.7. The minimum Gasteiger partial charge on any atom is -0.434 e. The second-order valence-electron chi connectivity index (χ2n) is 7.72. The van der Waals surface area contributed by atoms with Crippen LogP contribution in [0.3, 0.4) is 0 Å². The van der Waals surface area contributed by atoms with E-state index in [1.54, 1.807) is 32.3 Å². The number of rotatable bonds is 7. The van der Waals surface area contributed by atoms with Crippen LogP contribution in [0.4, 0.5) is 8.78 Å². The Morgan fingerprint density at radius 3 is 2.66 bits per heavy atom. The molecule has 0 aromatic heterocycles. The maximum atomic E-state index is 12.6. The van der Waals surface area contributed by atoms with E-state index in [4.69, 9.17) is 0 Å². The maximum Gasteiger partial charge on any atom is 0.387 e. The lowest BCUT2D eigenvalue weighted by Gasteiger charge is -2.25. The molecular formula is C20H29F2IN4O2. The summed E-state index contributed by atoms with van der Waals surface area (Å²) in [5.41, 5.74) is 0.566. The first-order valence-corrected chi connectivity index (χ1v) is 9.70. The van der Waals surface area contributed by atoms with Crippen LogP contribution in [0.25, 0.3) is 0 Å². The highest BCUT2D eigenvalue weighted by Crippen LogP contribution is 2.44. The summed E-state index contributed by atoms with van der Waals surface area (Å²) in [6, 6.07) is 6.96. The molecule has 1 aromatic rings. The van der Waals surface area contributed by atoms with E-state index < -0.39 is 6.61 Å². The summed E-state index contributed by atoms with van der Waals surface area (Å²) < 4.78 is 29.8. The molecule has 2 N–H and O–H groups in total. The number of aliphatic imine (C=N–C) groups is 1. The summed E-state index contributed by atoms with van der Waals surface area (Å²) in [6.07, 6.45) is 4.86. The molecule has 6 nitrogen and oxygen atoms in total. The van der Waals surface area contributed by atoms with Gasteiger partial charge >= 0.3 is 6.61 Å². The Bertz CT molecular complexity index is 717. The minimum atomic E-state index is -2.88. The lowest BCUT2D eigenvalue weighted by Crippen LogP contribution is -2.48. The molecule has 0 aliphatic heterocycles. The maximum absolute atomic E-state index is 12.6. The van der Waals surface area contributed by atoms with Crippen molar-refractivity contribution < 1.29 is 18.3 Å². The predicted molar refractivity (Wildman–Crippen MR) is 119 cm³/mol. The van der Waals surface area contributed by atoms with Crippen LogP contribution < -0.4 is 15.4 Å². The Morgan fingerprint density at radius 1 is 1.28 bits per heavy atom. The zero-order valence-corrected chi connectivity index (χ0v) is 19.1. The molecule has 3 unspecified atom stereocenters. The molecule has 2 fully saturated rings. The molecule has 3 rings (SSSR count). The number of carbonyl (C=O) groups is 1. The van der Waals surface area contributed by atoms with Gasteiger partial charge < -0.3 is 20.3 Å². The van der Waals surface area contributed by atoms with Gasteiger partial charge in [-0.2, -0.15) is 8.78 Å². The largest absolute Gasteiger partial charge is 0.434 e. The van der Waals surface area contributed by atoms with Crippen LogP contribution in [0.2, 0.25) is 0 Å². The smallest absolute Gasteiger partial charge is 0.387 e. The summed E-state index contributed by atoms with van der Waals surface area (Å²) in [6.45, 7) is -2.59. The van der Waals surface area contributed by atoms with E-state index >= 15 is 0 Å². The van der Waals surface area contributed by atoms with E-state index in [2.05, 4.69) is 20.4 Å². The highest BCUT2D eigenvalue weighted by Gasteiger charge is 2.39. The van der Waals surface area contributed by atoms with E-state index in [0.717, 1.165) is 12.3 Å². The molecule has 0 spiro atoms. The second-order valence-corrected chi connectivity index (χ2v) is 7.72. The molecule has 0 saturated heterocycles. The molecule has 0 radical (unpaired) electrons. The number of alkyl halides is 2. The Kier molecular flexibility index (Phi) is 8.91. The average molecular weight is 522 g/mol. The van der Waals surface area contributed by atoms with Crippen LogP contribution in [0.15, 0.2) is 29.3 Å². The van der Waals surface area contributed by atoms with Gasteiger partial charge in [0, 0.05) is 25.7 Å². The van der Waals surface area contributed by atoms with Gasteiger partial charge in [0.2, 0.25) is 5.91 Å². The van der Waals surface area contributed by atoms with Crippen LogP contribution in [0, 0.1) is 11.8 Å². The molecule has 2 aliphatic carbocycles. The number of nitrogens with one attached hydrogen (secondary N) is 2. The molecule has 0 heterocycles. The SMILES string of the molecule is CN(C)C(=O)CNC(=NCc1ccccc1OC(F)F)NC1CC2CCC1C2.I. The first kappa shape index (κ1) is 23.6. The number of hydrogen-bond donors (Lipinski definition) is 2. The van der Waals surface area contributed by atoms with Crippen LogP contribution >= 0.6 is 24.0 Å². The van der Waals surface area contributed by atoms with E-state index in [1.165, 1.54) is 30.2 Å². The van der Waals surface area contributed by atoms with Crippen molar-refractivity contribution in [3.63, 3.8) is 0 Å². The lowest BCUT2D eigenvalue weighted by atomic mass is 9.95. The van der Waals surface area contributed by atoms with Gasteiger partial charge in [-0.05, 0) is 37.2 Å². The minimum absolute atomic E-state index is 0. The van der Waals surface area contributed by atoms with Gasteiger partial charge in [0.25, 0.3) is 0 Å². The first-order chi connectivity index (χ1) is 13.4. The third-order valence-electron chi connectivity index (χ3n) is 5.56. The summed E-state index contributed by atoms with van der Waals surface area (Å²) >= 11 is 0. The van der Waals surface area contributed by atoms with Gasteiger partial charge in [-0.25, -0.2) is 4.99 Å². The Morgan fingerprint density at radius 2 is 2.03 bits per heavy atom. The zero-order chi connectivity index (χ0) is 20.1. The Hall–Kier alpha value is -1.65. The molecular weight excluding hydrogens is 493 g/mol. The van der Waals surface area contributed by atoms with Crippen LogP contribution in [-0.2, 0) is 11.3 Å². The predicted octanol–water partition coefficient (Wildman–Crippen LogP) is 3.22. The number of nitrogens with zero attached hydrogens (tertiary/aromatic N) is 2. The topological polar surface area (TPSA) is 66.0 Å². The van der Waals surface area contributed by atoms with Crippen molar-refractivity contribution in [1.82, 2.24) is 15.5 Å². The summed E-state index contributed by atoms with van der Waals surface area (Å²) in [7, 11) is 3.39. The number of hydrogen-bond acceptors (Lipinski definition) is 3. The van der Waals surface area contributed by atoms with Crippen LogP contribution in [-0.4, -0.2) is 50.1 Å². The molecule has 1 aromatic carbocycles. The second kappa shape index (κ2) is 10.9. The highest BCUT2D eigenvalue weighted by molar-refractivity contribution is 14.0. The third kappa shape index (κ3) is 6.68. The highest BCUT2D eigenvalue weighted by atomic mass is 127. The summed E-state index contributed by atoms with van der Waals surface area (Å²) in [4.78, 5) is 18.0. The Labute approximate surface area is 187 Å². The fourth-order valence-corrected chi connectivity index (χ4v) is 4.08. The Balaban J connectivity index is 0.00000300. The number of fused-ring (bicyclic) bond motifs is 2. The number of amides is 1. The van der Waals surface area contributed by atoms with Crippen molar-refractivity contribution in [3.05, 3.63) is 29.8 Å². The number of carbonyl (C=O) groups excluding carboxylic acids is 1. The van der Waals surface area contributed by atoms with Crippen molar-refractivity contribution >= 4 is 35.8 Å².